The average molecular weight is 412 g/mol. The Labute approximate surface area is 181 Å². The van der Waals surface area contributed by atoms with E-state index < -0.39 is 0 Å². The van der Waals surface area contributed by atoms with E-state index in [0.717, 1.165) is 14.7 Å². The van der Waals surface area contributed by atoms with Crippen LogP contribution in [0, 0.1) is 6.92 Å². The van der Waals surface area contributed by atoms with Crippen molar-refractivity contribution in [3.8, 4) is 28.2 Å². The van der Waals surface area contributed by atoms with Gasteiger partial charge in [0.1, 0.15) is 18.1 Å². The lowest BCUT2D eigenvalue weighted by Gasteiger charge is -2.21. The van der Waals surface area contributed by atoms with Crippen LogP contribution < -0.4 is 9.87 Å². The first kappa shape index (κ1) is 19.3. The van der Waals surface area contributed by atoms with Gasteiger partial charge in [-0.05, 0) is 53.4 Å². The van der Waals surface area contributed by atoms with E-state index in [1.54, 1.807) is 0 Å². The van der Waals surface area contributed by atoms with Gasteiger partial charge >= 0.3 is 0 Å². The Hall–Kier alpha value is -2.70. The molecule has 0 radical (unpaired) electrons. The van der Waals surface area contributed by atoms with Crippen molar-refractivity contribution in [3.05, 3.63) is 89.7 Å². The summed E-state index contributed by atoms with van der Waals surface area (Å²) < 4.78 is 4.70. The fourth-order valence-corrected chi connectivity index (χ4v) is 5.93. The van der Waals surface area contributed by atoms with Crippen molar-refractivity contribution in [2.45, 2.75) is 32.9 Å². The lowest BCUT2D eigenvalue weighted by Crippen LogP contribution is -2.31. The lowest BCUT2D eigenvalue weighted by molar-refractivity contribution is -0.659. The number of hydrogen-bond donors (Lipinski definition) is 0. The zero-order valence-corrected chi connectivity index (χ0v) is 19.1. The molecule has 0 saturated heterocycles. The molecule has 2 nitrogen and oxygen atoms in total. The predicted octanol–water partition coefficient (Wildman–Crippen LogP) is 5.89. The molecule has 1 unspecified atom stereocenters. The molecule has 1 aliphatic heterocycles. The summed E-state index contributed by atoms with van der Waals surface area (Å²) >= 11 is 0. The molecule has 1 atom stereocenters. The summed E-state index contributed by atoms with van der Waals surface area (Å²) in [4.78, 5) is 0. The molecule has 4 aromatic rings. The average Bonchev–Trinajstić information content (AvgIpc) is 3.10. The minimum Gasteiger partial charge on any atom is -0.232 e. The van der Waals surface area contributed by atoms with Gasteiger partial charge < -0.3 is 0 Å². The summed E-state index contributed by atoms with van der Waals surface area (Å²) in [5, 5.41) is 1.46. The summed E-state index contributed by atoms with van der Waals surface area (Å²) in [5.41, 5.74) is 9.56. The molecule has 0 spiro atoms. The van der Waals surface area contributed by atoms with Crippen molar-refractivity contribution in [2.24, 2.45) is 7.05 Å². The van der Waals surface area contributed by atoms with Gasteiger partial charge in [-0.25, -0.2) is 4.57 Å². The minimum atomic E-state index is 0.503. The molecule has 150 valence electrons. The molecule has 0 aliphatic carbocycles. The first-order valence-corrected chi connectivity index (χ1v) is 11.9. The third kappa shape index (κ3) is 3.11. The van der Waals surface area contributed by atoms with E-state index in [1.165, 1.54) is 50.2 Å². The molecule has 1 aliphatic rings. The van der Waals surface area contributed by atoms with Crippen LogP contribution >= 0.6 is 8.58 Å². The number of hydrogen-bond acceptors (Lipinski definition) is 0. The van der Waals surface area contributed by atoms with Crippen LogP contribution in [-0.4, -0.2) is 4.57 Å². The topological polar surface area (TPSA) is 8.81 Å². The SMILES string of the molecule is Cc1cccc2c1-c1n(cc[n+]1C)-c1c(cc(C(C)C)cc1-c1ccccc1)PC2. The number of aromatic nitrogens is 2. The molecule has 0 bridgehead atoms. The summed E-state index contributed by atoms with van der Waals surface area (Å²) in [6, 6.07) is 22.5. The van der Waals surface area contributed by atoms with Gasteiger partial charge in [0.05, 0.1) is 12.6 Å². The second kappa shape index (κ2) is 7.52. The Bertz CT molecular complexity index is 1240. The van der Waals surface area contributed by atoms with Crippen molar-refractivity contribution in [1.29, 1.82) is 0 Å². The molecule has 1 aromatic heterocycles. The molecule has 30 heavy (non-hydrogen) atoms. The maximum Gasteiger partial charge on any atom is 0.294 e. The predicted molar refractivity (Wildman–Crippen MR) is 128 cm³/mol. The molecule has 3 aromatic carbocycles. The molecule has 2 heterocycles. The Balaban J connectivity index is 1.89. The number of benzene rings is 3. The van der Waals surface area contributed by atoms with Crippen LogP contribution in [0.5, 0.6) is 0 Å². The molecule has 5 rings (SSSR count). The normalized spacial score (nSPS) is 13.5. The third-order valence-corrected chi connectivity index (χ3v) is 7.50. The lowest BCUT2D eigenvalue weighted by atomic mass is 9.95. The highest BCUT2D eigenvalue weighted by Gasteiger charge is 2.30. The number of aryl methyl sites for hydroxylation is 2. The van der Waals surface area contributed by atoms with Gasteiger partial charge in [-0.2, -0.15) is 4.57 Å². The van der Waals surface area contributed by atoms with Crippen LogP contribution in [0.25, 0.3) is 28.2 Å². The fraction of sp³-hybridized carbons (Fsp3) is 0.222. The van der Waals surface area contributed by atoms with Crippen molar-refractivity contribution in [3.63, 3.8) is 0 Å². The molecular weight excluding hydrogens is 383 g/mol. The van der Waals surface area contributed by atoms with Gasteiger partial charge in [-0.1, -0.05) is 71.0 Å². The zero-order valence-electron chi connectivity index (χ0n) is 18.1. The van der Waals surface area contributed by atoms with Crippen LogP contribution in [0.3, 0.4) is 0 Å². The third-order valence-electron chi connectivity index (χ3n) is 6.18. The van der Waals surface area contributed by atoms with Gasteiger partial charge in [-0.3, -0.25) is 0 Å². The van der Waals surface area contributed by atoms with E-state index in [0.29, 0.717) is 5.92 Å². The second-order valence-corrected chi connectivity index (χ2v) is 9.80. The second-order valence-electron chi connectivity index (χ2n) is 8.55. The van der Waals surface area contributed by atoms with Crippen molar-refractivity contribution >= 4 is 13.9 Å². The standard InChI is InChI=1S/C27H28N2P/c1-18(2)22-15-23(20-10-6-5-7-11-20)26-24(16-22)30-17-21-12-8-9-19(3)25(21)27-28(4)13-14-29(26)27/h5-16,18,30H,17H2,1-4H3/q+1. The highest BCUT2D eigenvalue weighted by molar-refractivity contribution is 7.46. The van der Waals surface area contributed by atoms with Gasteiger partial charge in [0.25, 0.3) is 5.82 Å². The Kier molecular flexibility index (Phi) is 4.83. The quantitative estimate of drug-likeness (QED) is 0.287. The minimum absolute atomic E-state index is 0.503. The van der Waals surface area contributed by atoms with Crippen LogP contribution in [0.2, 0.25) is 0 Å². The van der Waals surface area contributed by atoms with Crippen molar-refractivity contribution in [2.75, 3.05) is 0 Å². The highest BCUT2D eigenvalue weighted by atomic mass is 31.1. The maximum atomic E-state index is 2.45. The van der Waals surface area contributed by atoms with E-state index in [4.69, 9.17) is 0 Å². The van der Waals surface area contributed by atoms with Crippen molar-refractivity contribution in [1.82, 2.24) is 4.57 Å². The molecule has 0 saturated carbocycles. The van der Waals surface area contributed by atoms with Gasteiger partial charge in [0, 0.05) is 10.9 Å². The van der Waals surface area contributed by atoms with Crippen molar-refractivity contribution < 1.29 is 4.57 Å². The van der Waals surface area contributed by atoms with Gasteiger partial charge in [0.15, 0.2) is 0 Å². The summed E-state index contributed by atoms with van der Waals surface area (Å²) in [6.45, 7) is 6.83. The summed E-state index contributed by atoms with van der Waals surface area (Å²) in [7, 11) is 2.91. The Morgan fingerprint density at radius 1 is 1.00 bits per heavy atom. The number of nitrogens with zero attached hydrogens (tertiary/aromatic N) is 2. The van der Waals surface area contributed by atoms with Gasteiger partial charge in [-0.15, -0.1) is 0 Å². The summed E-state index contributed by atoms with van der Waals surface area (Å²) in [5.74, 6) is 1.77. The highest BCUT2D eigenvalue weighted by Crippen LogP contribution is 2.39. The zero-order chi connectivity index (χ0) is 20.8. The van der Waals surface area contributed by atoms with Crippen LogP contribution in [-0.2, 0) is 13.2 Å². The maximum absolute atomic E-state index is 2.45. The van der Waals surface area contributed by atoms with E-state index in [9.17, 15) is 0 Å². The molecule has 0 amide bonds. The number of rotatable bonds is 2. The molecular formula is C27H28N2P+. The van der Waals surface area contributed by atoms with E-state index in [1.807, 2.05) is 0 Å². The van der Waals surface area contributed by atoms with Crippen LogP contribution in [0.4, 0.5) is 0 Å². The van der Waals surface area contributed by atoms with Crippen LogP contribution in [0.1, 0.15) is 36.5 Å². The smallest absolute Gasteiger partial charge is 0.232 e. The van der Waals surface area contributed by atoms with E-state index in [-0.39, 0.29) is 0 Å². The summed E-state index contributed by atoms with van der Waals surface area (Å²) in [6.07, 6.45) is 5.52. The van der Waals surface area contributed by atoms with E-state index >= 15 is 0 Å². The first-order valence-electron chi connectivity index (χ1n) is 10.7. The first-order chi connectivity index (χ1) is 14.5. The molecule has 3 heteroatoms. The number of imidazole rings is 1. The fourth-order valence-electron chi connectivity index (χ4n) is 4.56. The Morgan fingerprint density at radius 2 is 1.80 bits per heavy atom. The van der Waals surface area contributed by atoms with Gasteiger partial charge in [0.2, 0.25) is 0 Å². The van der Waals surface area contributed by atoms with Crippen LogP contribution in [0.15, 0.2) is 73.1 Å². The largest absolute Gasteiger partial charge is 0.294 e. The van der Waals surface area contributed by atoms with E-state index in [2.05, 4.69) is 110 Å². The number of fused-ring (bicyclic) bond motifs is 5. The monoisotopic (exact) mass is 411 g/mol. The Morgan fingerprint density at radius 3 is 2.57 bits per heavy atom. The molecule has 0 fully saturated rings. The molecule has 0 N–H and O–H groups in total.